The summed E-state index contributed by atoms with van der Waals surface area (Å²) >= 11 is 0. The van der Waals surface area contributed by atoms with Crippen molar-refractivity contribution in [3.05, 3.63) is 170 Å². The summed E-state index contributed by atoms with van der Waals surface area (Å²) in [6.07, 6.45) is 0. The van der Waals surface area contributed by atoms with E-state index in [-0.39, 0.29) is 0 Å². The number of benzene rings is 7. The van der Waals surface area contributed by atoms with E-state index >= 15 is 0 Å². The van der Waals surface area contributed by atoms with Crippen LogP contribution in [-0.2, 0) is 0 Å². The summed E-state index contributed by atoms with van der Waals surface area (Å²) in [4.78, 5) is 15.2. The molecule has 0 saturated carbocycles. The lowest BCUT2D eigenvalue weighted by Gasteiger charge is -2.11. The minimum Gasteiger partial charge on any atom is -0.456 e. The van der Waals surface area contributed by atoms with Crippen LogP contribution in [0.25, 0.3) is 94.7 Å². The molecule has 0 aliphatic rings. The molecule has 5 nitrogen and oxygen atoms in total. The van der Waals surface area contributed by atoms with Crippen LogP contribution in [0.4, 0.5) is 0 Å². The summed E-state index contributed by atoms with van der Waals surface area (Å²) in [6, 6.07) is 58.5. The lowest BCUT2D eigenvalue weighted by atomic mass is 9.98. The van der Waals surface area contributed by atoms with Crippen LogP contribution in [0.5, 0.6) is 0 Å². The number of aromatic nitrogens is 4. The second kappa shape index (κ2) is 11.4. The molecule has 0 radical (unpaired) electrons. The molecule has 0 amide bonds. The zero-order chi connectivity index (χ0) is 33.0. The van der Waals surface area contributed by atoms with Crippen molar-refractivity contribution >= 4 is 43.7 Å². The van der Waals surface area contributed by atoms with Gasteiger partial charge < -0.3 is 8.98 Å². The van der Waals surface area contributed by atoms with Crippen LogP contribution in [0.3, 0.4) is 0 Å². The summed E-state index contributed by atoms with van der Waals surface area (Å²) in [7, 11) is 0. The Morgan fingerprint density at radius 3 is 1.50 bits per heavy atom. The summed E-state index contributed by atoms with van der Waals surface area (Å²) in [5.41, 5.74) is 9.78. The molecule has 7 aromatic carbocycles. The molecule has 0 bridgehead atoms. The molecule has 50 heavy (non-hydrogen) atoms. The van der Waals surface area contributed by atoms with Gasteiger partial charge in [-0.05, 0) is 47.5 Å². The van der Waals surface area contributed by atoms with E-state index in [0.29, 0.717) is 17.5 Å². The third-order valence-electron chi connectivity index (χ3n) is 9.44. The Morgan fingerprint density at radius 2 is 0.900 bits per heavy atom. The molecule has 0 N–H and O–H groups in total. The average molecular weight is 641 g/mol. The standard InChI is InChI=1S/C45H28N4O/c1-4-14-29(15-5-1)32-26-37(45-47-43(30-16-6-2-7-17-30)46-44(48-45)31-18-8-3-9-19-31)42-36-25-24-33(28-40(36)50-41(42)27-32)49-38-22-12-10-20-34(38)35-21-11-13-23-39(35)49/h1-28H. The third-order valence-corrected chi connectivity index (χ3v) is 9.44. The first-order chi connectivity index (χ1) is 24.8. The number of para-hydroxylation sites is 2. The van der Waals surface area contributed by atoms with Gasteiger partial charge >= 0.3 is 0 Å². The van der Waals surface area contributed by atoms with E-state index in [0.717, 1.165) is 66.5 Å². The van der Waals surface area contributed by atoms with Gasteiger partial charge in [-0.1, -0.05) is 127 Å². The van der Waals surface area contributed by atoms with Gasteiger partial charge in [0.2, 0.25) is 0 Å². The number of hydrogen-bond acceptors (Lipinski definition) is 4. The zero-order valence-corrected chi connectivity index (χ0v) is 26.9. The number of furan rings is 1. The van der Waals surface area contributed by atoms with Crippen LogP contribution in [0.1, 0.15) is 0 Å². The van der Waals surface area contributed by atoms with E-state index in [4.69, 9.17) is 19.4 Å². The smallest absolute Gasteiger partial charge is 0.164 e. The van der Waals surface area contributed by atoms with Crippen LogP contribution in [0.2, 0.25) is 0 Å². The molecule has 3 heterocycles. The first-order valence-electron chi connectivity index (χ1n) is 16.7. The van der Waals surface area contributed by atoms with Crippen molar-refractivity contribution < 1.29 is 4.42 Å². The highest BCUT2D eigenvalue weighted by molar-refractivity contribution is 6.14. The lowest BCUT2D eigenvalue weighted by Crippen LogP contribution is -2.00. The predicted molar refractivity (Wildman–Crippen MR) is 203 cm³/mol. The van der Waals surface area contributed by atoms with Crippen LogP contribution < -0.4 is 0 Å². The van der Waals surface area contributed by atoms with Crippen molar-refractivity contribution in [2.24, 2.45) is 0 Å². The van der Waals surface area contributed by atoms with E-state index in [9.17, 15) is 0 Å². The Bertz CT molecular complexity index is 2750. The van der Waals surface area contributed by atoms with E-state index < -0.39 is 0 Å². The Labute approximate surface area is 287 Å². The summed E-state index contributed by atoms with van der Waals surface area (Å²) in [5.74, 6) is 1.83. The van der Waals surface area contributed by atoms with E-state index in [1.165, 1.54) is 10.8 Å². The molecule has 10 rings (SSSR count). The second-order valence-electron chi connectivity index (χ2n) is 12.5. The van der Waals surface area contributed by atoms with Gasteiger partial charge in [-0.25, -0.2) is 15.0 Å². The van der Waals surface area contributed by atoms with Gasteiger partial charge in [0.15, 0.2) is 17.5 Å². The number of nitrogens with zero attached hydrogens (tertiary/aromatic N) is 4. The van der Waals surface area contributed by atoms with Crippen molar-refractivity contribution in [1.29, 1.82) is 0 Å². The highest BCUT2D eigenvalue weighted by Gasteiger charge is 2.21. The van der Waals surface area contributed by atoms with Crippen LogP contribution in [0, 0.1) is 0 Å². The molecule has 0 saturated heterocycles. The average Bonchev–Trinajstić information content (AvgIpc) is 3.73. The fourth-order valence-corrected chi connectivity index (χ4v) is 7.14. The van der Waals surface area contributed by atoms with Crippen molar-refractivity contribution in [1.82, 2.24) is 19.5 Å². The van der Waals surface area contributed by atoms with Gasteiger partial charge in [0.1, 0.15) is 11.2 Å². The normalized spacial score (nSPS) is 11.6. The molecule has 0 spiro atoms. The highest BCUT2D eigenvalue weighted by Crippen LogP contribution is 2.41. The van der Waals surface area contributed by atoms with E-state index in [2.05, 4.69) is 108 Å². The molecule has 10 aromatic rings. The Balaban J connectivity index is 1.25. The Kier molecular flexibility index (Phi) is 6.42. The van der Waals surface area contributed by atoms with Crippen LogP contribution in [-0.4, -0.2) is 19.5 Å². The van der Waals surface area contributed by atoms with Crippen molar-refractivity contribution in [3.8, 4) is 51.0 Å². The van der Waals surface area contributed by atoms with Crippen LogP contribution >= 0.6 is 0 Å². The highest BCUT2D eigenvalue weighted by atomic mass is 16.3. The number of rotatable bonds is 5. The van der Waals surface area contributed by atoms with E-state index in [1.54, 1.807) is 0 Å². The molecule has 5 heteroatoms. The Morgan fingerprint density at radius 1 is 0.380 bits per heavy atom. The van der Waals surface area contributed by atoms with Crippen LogP contribution in [0.15, 0.2) is 174 Å². The maximum atomic E-state index is 6.78. The summed E-state index contributed by atoms with van der Waals surface area (Å²) in [5, 5.41) is 4.42. The lowest BCUT2D eigenvalue weighted by molar-refractivity contribution is 0.669. The summed E-state index contributed by atoms with van der Waals surface area (Å²) in [6.45, 7) is 0. The molecule has 0 aliphatic heterocycles. The SMILES string of the molecule is c1ccc(-c2cc(-c3nc(-c4ccccc4)nc(-c4ccccc4)n3)c3c(c2)oc2cc(-n4c5ccccc5c5ccccc54)ccc23)cc1. The molecule has 0 aliphatic carbocycles. The molecular weight excluding hydrogens is 613 g/mol. The number of hydrogen-bond donors (Lipinski definition) is 0. The summed E-state index contributed by atoms with van der Waals surface area (Å²) < 4.78 is 9.10. The molecule has 234 valence electrons. The van der Waals surface area contributed by atoms with Crippen molar-refractivity contribution in [2.75, 3.05) is 0 Å². The largest absolute Gasteiger partial charge is 0.456 e. The minimum atomic E-state index is 0.592. The fourth-order valence-electron chi connectivity index (χ4n) is 7.14. The first-order valence-corrected chi connectivity index (χ1v) is 16.7. The molecular formula is C45H28N4O. The molecule has 0 unspecified atom stereocenters. The van der Waals surface area contributed by atoms with Crippen molar-refractivity contribution in [3.63, 3.8) is 0 Å². The van der Waals surface area contributed by atoms with E-state index in [1.807, 2.05) is 66.7 Å². The molecule has 0 fully saturated rings. The maximum Gasteiger partial charge on any atom is 0.164 e. The van der Waals surface area contributed by atoms with Gasteiger partial charge in [-0.15, -0.1) is 0 Å². The van der Waals surface area contributed by atoms with Gasteiger partial charge in [0.05, 0.1) is 11.0 Å². The van der Waals surface area contributed by atoms with Gasteiger partial charge in [0, 0.05) is 50.0 Å². The zero-order valence-electron chi connectivity index (χ0n) is 26.9. The third kappa shape index (κ3) is 4.60. The van der Waals surface area contributed by atoms with Gasteiger partial charge in [-0.2, -0.15) is 0 Å². The Hall–Kier alpha value is -6.85. The molecule has 3 aromatic heterocycles. The predicted octanol–water partition coefficient (Wildman–Crippen LogP) is 11.5. The maximum absolute atomic E-state index is 6.78. The number of fused-ring (bicyclic) bond motifs is 6. The topological polar surface area (TPSA) is 56.7 Å². The minimum absolute atomic E-state index is 0.592. The van der Waals surface area contributed by atoms with Crippen molar-refractivity contribution in [2.45, 2.75) is 0 Å². The fraction of sp³-hybridized carbons (Fsp3) is 0. The molecule has 0 atom stereocenters. The second-order valence-corrected chi connectivity index (χ2v) is 12.5. The van der Waals surface area contributed by atoms with Gasteiger partial charge in [0.25, 0.3) is 0 Å². The van der Waals surface area contributed by atoms with Gasteiger partial charge in [-0.3, -0.25) is 0 Å². The quantitative estimate of drug-likeness (QED) is 0.188. The monoisotopic (exact) mass is 640 g/mol. The first kappa shape index (κ1) is 28.2.